The number of ether oxygens (including phenoxy) is 1. The number of carbonyl (C=O) groups is 1. The van der Waals surface area contributed by atoms with Crippen LogP contribution in [0.25, 0.3) is 4.91 Å². The Morgan fingerprint density at radius 3 is 2.36 bits per heavy atom. The predicted molar refractivity (Wildman–Crippen MR) is 154 cm³/mol. The average molecular weight is 516 g/mol. The summed E-state index contributed by atoms with van der Waals surface area (Å²) in [6.07, 6.45) is 9.20. The molecular formula is C29H42FN3O2S. The molecule has 1 atom stereocenters. The highest BCUT2D eigenvalue weighted by Crippen LogP contribution is 2.34. The van der Waals surface area contributed by atoms with Crippen molar-refractivity contribution in [3.63, 3.8) is 0 Å². The van der Waals surface area contributed by atoms with Crippen molar-refractivity contribution in [2.24, 2.45) is 10.7 Å². The third-order valence-electron chi connectivity index (χ3n) is 5.43. The zero-order chi connectivity index (χ0) is 27.3. The van der Waals surface area contributed by atoms with Crippen molar-refractivity contribution in [1.82, 2.24) is 5.32 Å². The van der Waals surface area contributed by atoms with Gasteiger partial charge in [-0.05, 0) is 82.0 Å². The Morgan fingerprint density at radius 2 is 1.83 bits per heavy atom. The van der Waals surface area contributed by atoms with Crippen LogP contribution >= 0.6 is 11.8 Å². The minimum absolute atomic E-state index is 0.0174. The predicted octanol–water partition coefficient (Wildman–Crippen LogP) is 7.57. The lowest BCUT2D eigenvalue weighted by atomic mass is 10.1. The Labute approximate surface area is 220 Å². The number of aliphatic imine (C=N–C) groups is 1. The Balaban J connectivity index is 3.19. The van der Waals surface area contributed by atoms with Crippen molar-refractivity contribution in [2.45, 2.75) is 79.1 Å². The molecule has 0 saturated carbocycles. The standard InChI is InChI=1S/C29H42FN3O2S/c1-9-12-25(13-10-2)35-26-17-23(22(6)36-21(5)11-3)16-24(18-26)28(34)33-19-20(4)14-15-27(32-8)29(7,30)31/h11,14-18,25H,6,8-10,12-13,19,31H2,1-5,7H3,(H,33,34)/b20-14+,21-11-,27-15-. The maximum Gasteiger partial charge on any atom is 0.251 e. The Bertz CT molecular complexity index is 1000. The van der Waals surface area contributed by atoms with Gasteiger partial charge in [-0.25, -0.2) is 4.39 Å². The molecule has 0 radical (unpaired) electrons. The molecule has 198 valence electrons. The van der Waals surface area contributed by atoms with Crippen molar-refractivity contribution in [3.8, 4) is 5.75 Å². The van der Waals surface area contributed by atoms with Crippen LogP contribution in [0.3, 0.4) is 0 Å². The van der Waals surface area contributed by atoms with E-state index in [4.69, 9.17) is 10.5 Å². The summed E-state index contributed by atoms with van der Waals surface area (Å²) in [7, 11) is 0. The van der Waals surface area contributed by atoms with Crippen LogP contribution in [-0.2, 0) is 0 Å². The van der Waals surface area contributed by atoms with E-state index in [1.807, 2.05) is 39.0 Å². The van der Waals surface area contributed by atoms with E-state index in [-0.39, 0.29) is 24.3 Å². The van der Waals surface area contributed by atoms with Gasteiger partial charge in [-0.2, -0.15) is 0 Å². The quantitative estimate of drug-likeness (QED) is 0.143. The first-order chi connectivity index (χ1) is 16.9. The maximum atomic E-state index is 13.9. The molecule has 7 heteroatoms. The van der Waals surface area contributed by atoms with E-state index in [1.165, 1.54) is 13.0 Å². The summed E-state index contributed by atoms with van der Waals surface area (Å²) in [5, 5.41) is 2.92. The van der Waals surface area contributed by atoms with Gasteiger partial charge in [0.2, 0.25) is 0 Å². The van der Waals surface area contributed by atoms with E-state index < -0.39 is 5.79 Å². The van der Waals surface area contributed by atoms with Gasteiger partial charge < -0.3 is 10.1 Å². The second-order valence-corrected chi connectivity index (χ2v) is 10.3. The molecule has 1 unspecified atom stereocenters. The van der Waals surface area contributed by atoms with E-state index in [0.717, 1.165) is 46.6 Å². The normalized spacial score (nSPS) is 14.4. The first-order valence-corrected chi connectivity index (χ1v) is 13.2. The van der Waals surface area contributed by atoms with E-state index in [0.29, 0.717) is 11.3 Å². The monoisotopic (exact) mass is 515 g/mol. The smallest absolute Gasteiger partial charge is 0.251 e. The number of thioether (sulfide) groups is 1. The highest BCUT2D eigenvalue weighted by atomic mass is 32.2. The molecule has 0 saturated heterocycles. The molecule has 1 aromatic rings. The Morgan fingerprint density at radius 1 is 1.22 bits per heavy atom. The van der Waals surface area contributed by atoms with Crippen LogP contribution in [0.5, 0.6) is 5.75 Å². The molecule has 1 aromatic carbocycles. The summed E-state index contributed by atoms with van der Waals surface area (Å²) in [4.78, 5) is 18.7. The number of carbonyl (C=O) groups excluding carboxylic acids is 1. The Kier molecular flexibility index (Phi) is 13.5. The van der Waals surface area contributed by atoms with Gasteiger partial charge in [-0.1, -0.05) is 62.8 Å². The van der Waals surface area contributed by atoms with Gasteiger partial charge >= 0.3 is 0 Å². The third kappa shape index (κ3) is 11.0. The summed E-state index contributed by atoms with van der Waals surface area (Å²) in [6.45, 7) is 19.2. The Hall–Kier alpha value is -2.64. The maximum absolute atomic E-state index is 13.9. The van der Waals surface area contributed by atoms with Crippen LogP contribution in [0.4, 0.5) is 4.39 Å². The summed E-state index contributed by atoms with van der Waals surface area (Å²) in [5.41, 5.74) is 7.60. The first kappa shape index (κ1) is 31.4. The molecule has 1 rings (SSSR count). The number of nitrogens with zero attached hydrogens (tertiary/aromatic N) is 1. The van der Waals surface area contributed by atoms with Gasteiger partial charge in [-0.3, -0.25) is 15.5 Å². The summed E-state index contributed by atoms with van der Waals surface area (Å²) in [6, 6.07) is 5.56. The number of alkyl halides is 1. The van der Waals surface area contributed by atoms with E-state index in [9.17, 15) is 9.18 Å². The molecular weight excluding hydrogens is 473 g/mol. The second kappa shape index (κ2) is 15.5. The zero-order valence-electron chi connectivity index (χ0n) is 22.6. The molecule has 0 fully saturated rings. The van der Waals surface area contributed by atoms with Gasteiger partial charge in [-0.15, -0.1) is 0 Å². The van der Waals surface area contributed by atoms with Crippen LogP contribution in [0, 0.1) is 0 Å². The first-order valence-electron chi connectivity index (χ1n) is 12.4. The van der Waals surface area contributed by atoms with Crippen molar-refractivity contribution >= 4 is 29.3 Å². The topological polar surface area (TPSA) is 76.7 Å². The average Bonchev–Trinajstić information content (AvgIpc) is 2.82. The van der Waals surface area contributed by atoms with Crippen LogP contribution < -0.4 is 15.8 Å². The lowest BCUT2D eigenvalue weighted by molar-refractivity contribution is 0.0955. The fourth-order valence-corrected chi connectivity index (χ4v) is 4.08. The molecule has 0 spiro atoms. The lowest BCUT2D eigenvalue weighted by Gasteiger charge is -2.20. The molecule has 0 aliphatic heterocycles. The van der Waals surface area contributed by atoms with Crippen LogP contribution in [-0.4, -0.2) is 31.1 Å². The molecule has 0 bridgehead atoms. The lowest BCUT2D eigenvalue weighted by Crippen LogP contribution is -2.31. The number of nitrogens with one attached hydrogen (secondary N) is 1. The van der Waals surface area contributed by atoms with E-state index >= 15 is 0 Å². The fraction of sp³-hybridized carbons (Fsp3) is 0.448. The highest BCUT2D eigenvalue weighted by Gasteiger charge is 2.21. The fourth-order valence-electron chi connectivity index (χ4n) is 3.34. The molecule has 3 N–H and O–H groups in total. The SMILES string of the molecule is C=N/C(=C\C=C(/C)CNC(=O)c1cc(OC(CCC)CCC)cc(C(=C)S/C(C)=C\C)c1)C(C)(N)F. The third-order valence-corrected chi connectivity index (χ3v) is 6.47. The van der Waals surface area contributed by atoms with Crippen LogP contribution in [0.15, 0.2) is 64.2 Å². The molecule has 1 amide bonds. The molecule has 0 aliphatic rings. The minimum atomic E-state index is -2.09. The van der Waals surface area contributed by atoms with Gasteiger partial charge in [0.05, 0.1) is 11.8 Å². The molecule has 0 aromatic heterocycles. The van der Waals surface area contributed by atoms with Gasteiger partial charge in [0, 0.05) is 17.0 Å². The van der Waals surface area contributed by atoms with Crippen molar-refractivity contribution in [2.75, 3.05) is 6.54 Å². The number of nitrogens with two attached hydrogens (primary N) is 1. The summed E-state index contributed by atoms with van der Waals surface area (Å²) in [5.74, 6) is -1.66. The zero-order valence-corrected chi connectivity index (χ0v) is 23.4. The van der Waals surface area contributed by atoms with Gasteiger partial charge in [0.25, 0.3) is 5.91 Å². The highest BCUT2D eigenvalue weighted by molar-refractivity contribution is 8.11. The van der Waals surface area contributed by atoms with E-state index in [1.54, 1.807) is 23.9 Å². The summed E-state index contributed by atoms with van der Waals surface area (Å²) < 4.78 is 20.2. The van der Waals surface area contributed by atoms with Crippen molar-refractivity contribution < 1.29 is 13.9 Å². The second-order valence-electron chi connectivity index (χ2n) is 8.97. The number of amides is 1. The molecule has 0 aliphatic carbocycles. The summed E-state index contributed by atoms with van der Waals surface area (Å²) >= 11 is 1.56. The number of allylic oxidation sites excluding steroid dienone is 4. The van der Waals surface area contributed by atoms with Gasteiger partial charge in [0.15, 0.2) is 5.79 Å². The van der Waals surface area contributed by atoms with Crippen molar-refractivity contribution in [1.29, 1.82) is 0 Å². The number of hydrogen-bond acceptors (Lipinski definition) is 5. The largest absolute Gasteiger partial charge is 0.490 e. The van der Waals surface area contributed by atoms with Gasteiger partial charge in [0.1, 0.15) is 5.75 Å². The minimum Gasteiger partial charge on any atom is -0.490 e. The van der Waals surface area contributed by atoms with Crippen LogP contribution in [0.1, 0.15) is 83.1 Å². The number of halogens is 1. The number of rotatable bonds is 15. The van der Waals surface area contributed by atoms with Crippen LogP contribution in [0.2, 0.25) is 0 Å². The number of hydrogen-bond donors (Lipinski definition) is 2. The van der Waals surface area contributed by atoms with E-state index in [2.05, 4.69) is 37.5 Å². The van der Waals surface area contributed by atoms with Crippen molar-refractivity contribution in [3.05, 3.63) is 70.3 Å². The molecule has 0 heterocycles. The number of benzene rings is 1. The molecule has 5 nitrogen and oxygen atoms in total. The molecule has 36 heavy (non-hydrogen) atoms.